The Bertz CT molecular complexity index is 220. The Morgan fingerprint density at radius 1 is 1.30 bits per heavy atom. The zero-order chi connectivity index (χ0) is 6.97. The topological polar surface area (TPSA) is 26.0 Å². The first kappa shape index (κ1) is 6.40. The maximum absolute atomic E-state index is 5.31. The lowest BCUT2D eigenvalue weighted by atomic mass is 10.0. The second kappa shape index (κ2) is 2.38. The minimum Gasteiger partial charge on any atom is -0.436 e. The maximum Gasteiger partial charge on any atom is 0.264 e. The summed E-state index contributed by atoms with van der Waals surface area (Å²) in [7, 11) is 0. The number of fused-ring (bicyclic) bond motifs is 1. The highest BCUT2D eigenvalue weighted by atomic mass is 79.9. The number of hydrogen-bond acceptors (Lipinski definition) is 2. The van der Waals surface area contributed by atoms with Gasteiger partial charge >= 0.3 is 0 Å². The lowest BCUT2D eigenvalue weighted by Gasteiger charge is -2.05. The Balaban J connectivity index is 2.41. The molecule has 0 amide bonds. The lowest BCUT2D eigenvalue weighted by molar-refractivity contribution is 0.458. The van der Waals surface area contributed by atoms with Crippen LogP contribution in [-0.2, 0) is 12.8 Å². The van der Waals surface area contributed by atoms with E-state index in [0.717, 1.165) is 24.3 Å². The maximum atomic E-state index is 5.31. The molecule has 0 atom stereocenters. The van der Waals surface area contributed by atoms with E-state index in [1.165, 1.54) is 12.8 Å². The molecule has 1 aliphatic carbocycles. The number of hydrogen-bond donors (Lipinski definition) is 0. The molecule has 2 rings (SSSR count). The van der Waals surface area contributed by atoms with E-state index in [1.54, 1.807) is 0 Å². The van der Waals surface area contributed by atoms with Crippen LogP contribution in [0.2, 0.25) is 0 Å². The smallest absolute Gasteiger partial charge is 0.264 e. The largest absolute Gasteiger partial charge is 0.436 e. The number of rotatable bonds is 0. The fraction of sp³-hybridized carbons (Fsp3) is 0.571. The van der Waals surface area contributed by atoms with Crippen molar-refractivity contribution in [2.24, 2.45) is 0 Å². The fourth-order valence-corrected chi connectivity index (χ4v) is 1.73. The summed E-state index contributed by atoms with van der Waals surface area (Å²) in [5.74, 6) is 1.08. The van der Waals surface area contributed by atoms with Crippen LogP contribution in [0.15, 0.2) is 9.22 Å². The van der Waals surface area contributed by atoms with Crippen molar-refractivity contribution >= 4 is 15.9 Å². The molecule has 0 N–H and O–H groups in total. The number of aromatic nitrogens is 1. The second-order valence-corrected chi connectivity index (χ2v) is 3.22. The molecule has 2 nitrogen and oxygen atoms in total. The van der Waals surface area contributed by atoms with Crippen molar-refractivity contribution in [2.45, 2.75) is 25.7 Å². The summed E-state index contributed by atoms with van der Waals surface area (Å²) in [5.41, 5.74) is 1.15. The molecule has 1 aromatic rings. The van der Waals surface area contributed by atoms with Crippen molar-refractivity contribution < 1.29 is 4.42 Å². The third-order valence-electron chi connectivity index (χ3n) is 1.82. The zero-order valence-corrected chi connectivity index (χ0v) is 7.15. The molecule has 0 saturated carbocycles. The third kappa shape index (κ3) is 0.985. The standard InChI is InChI=1S/C7H8BrNO/c8-7-9-5-3-1-2-4-6(5)10-7/h1-4H2. The van der Waals surface area contributed by atoms with Crippen LogP contribution in [0.3, 0.4) is 0 Å². The monoisotopic (exact) mass is 201 g/mol. The summed E-state index contributed by atoms with van der Waals surface area (Å²) in [6, 6.07) is 0. The van der Waals surface area contributed by atoms with Gasteiger partial charge in [-0.25, -0.2) is 4.98 Å². The van der Waals surface area contributed by atoms with E-state index in [-0.39, 0.29) is 0 Å². The predicted octanol–water partition coefficient (Wildman–Crippen LogP) is 2.32. The zero-order valence-electron chi connectivity index (χ0n) is 5.56. The van der Waals surface area contributed by atoms with Gasteiger partial charge in [-0.3, -0.25) is 0 Å². The van der Waals surface area contributed by atoms with Gasteiger partial charge in [0.25, 0.3) is 4.80 Å². The van der Waals surface area contributed by atoms with Gasteiger partial charge in [0, 0.05) is 22.4 Å². The van der Waals surface area contributed by atoms with Gasteiger partial charge in [-0.1, -0.05) is 0 Å². The molecular weight excluding hydrogens is 194 g/mol. The van der Waals surface area contributed by atoms with Crippen molar-refractivity contribution in [3.05, 3.63) is 16.3 Å². The Morgan fingerprint density at radius 3 is 2.90 bits per heavy atom. The minimum absolute atomic E-state index is 0.638. The van der Waals surface area contributed by atoms with E-state index in [4.69, 9.17) is 4.42 Å². The minimum atomic E-state index is 0.638. The highest BCUT2D eigenvalue weighted by Crippen LogP contribution is 2.23. The van der Waals surface area contributed by atoms with Crippen molar-refractivity contribution in [3.8, 4) is 0 Å². The van der Waals surface area contributed by atoms with Gasteiger partial charge in [-0.15, -0.1) is 0 Å². The van der Waals surface area contributed by atoms with E-state index in [2.05, 4.69) is 20.9 Å². The molecule has 0 aromatic carbocycles. The molecule has 0 aliphatic heterocycles. The molecule has 10 heavy (non-hydrogen) atoms. The van der Waals surface area contributed by atoms with Gasteiger partial charge in [0.05, 0.1) is 5.69 Å². The summed E-state index contributed by atoms with van der Waals surface area (Å²) in [6.45, 7) is 0. The van der Waals surface area contributed by atoms with Crippen LogP contribution in [0, 0.1) is 0 Å². The highest BCUT2D eigenvalue weighted by molar-refractivity contribution is 9.10. The van der Waals surface area contributed by atoms with E-state index in [9.17, 15) is 0 Å². The number of oxazole rings is 1. The molecule has 0 fully saturated rings. The fourth-order valence-electron chi connectivity index (χ4n) is 1.32. The Labute approximate surface area is 67.8 Å². The molecule has 0 saturated heterocycles. The first-order valence-electron chi connectivity index (χ1n) is 3.50. The molecule has 1 aliphatic rings. The van der Waals surface area contributed by atoms with Gasteiger partial charge in [0.2, 0.25) is 0 Å². The highest BCUT2D eigenvalue weighted by Gasteiger charge is 2.14. The quantitative estimate of drug-likeness (QED) is 0.645. The van der Waals surface area contributed by atoms with Crippen molar-refractivity contribution in [3.63, 3.8) is 0 Å². The number of aryl methyl sites for hydroxylation is 2. The SMILES string of the molecule is Brc1nc2c(o1)CCCC2. The molecular formula is C7H8BrNO. The first-order chi connectivity index (χ1) is 4.86. The average Bonchev–Trinajstić information content (AvgIpc) is 2.27. The van der Waals surface area contributed by atoms with E-state index in [1.807, 2.05) is 0 Å². The van der Waals surface area contributed by atoms with Crippen LogP contribution in [-0.4, -0.2) is 4.98 Å². The summed E-state index contributed by atoms with van der Waals surface area (Å²) in [4.78, 5) is 4.84. The number of nitrogens with zero attached hydrogens (tertiary/aromatic N) is 1. The first-order valence-corrected chi connectivity index (χ1v) is 4.29. The summed E-state index contributed by atoms with van der Waals surface area (Å²) >= 11 is 3.21. The molecule has 0 bridgehead atoms. The molecule has 54 valence electrons. The van der Waals surface area contributed by atoms with Crippen LogP contribution in [0.1, 0.15) is 24.3 Å². The molecule has 0 radical (unpaired) electrons. The summed E-state index contributed by atoms with van der Waals surface area (Å²) in [6.07, 6.45) is 4.65. The van der Waals surface area contributed by atoms with Crippen LogP contribution in [0.25, 0.3) is 0 Å². The van der Waals surface area contributed by atoms with E-state index < -0.39 is 0 Å². The second-order valence-electron chi connectivity index (χ2n) is 2.54. The van der Waals surface area contributed by atoms with E-state index in [0.29, 0.717) is 4.80 Å². The van der Waals surface area contributed by atoms with Crippen LogP contribution < -0.4 is 0 Å². The van der Waals surface area contributed by atoms with Crippen molar-refractivity contribution in [1.29, 1.82) is 0 Å². The summed E-state index contributed by atoms with van der Waals surface area (Å²) < 4.78 is 5.31. The third-order valence-corrected chi connectivity index (χ3v) is 2.16. The normalized spacial score (nSPS) is 16.9. The lowest BCUT2D eigenvalue weighted by Crippen LogP contribution is -1.99. The van der Waals surface area contributed by atoms with Crippen LogP contribution in [0.4, 0.5) is 0 Å². The molecule has 0 unspecified atom stereocenters. The Kier molecular flexibility index (Phi) is 1.52. The molecule has 3 heteroatoms. The molecule has 1 aromatic heterocycles. The number of halogens is 1. The predicted molar refractivity (Wildman–Crippen MR) is 40.8 cm³/mol. The van der Waals surface area contributed by atoms with Crippen LogP contribution in [0.5, 0.6) is 0 Å². The van der Waals surface area contributed by atoms with Gasteiger partial charge in [-0.2, -0.15) is 0 Å². The van der Waals surface area contributed by atoms with Crippen molar-refractivity contribution in [2.75, 3.05) is 0 Å². The molecule has 0 spiro atoms. The Morgan fingerprint density at radius 2 is 2.10 bits per heavy atom. The van der Waals surface area contributed by atoms with Crippen molar-refractivity contribution in [1.82, 2.24) is 4.98 Å². The van der Waals surface area contributed by atoms with Gasteiger partial charge in [0.1, 0.15) is 5.76 Å². The Hall–Kier alpha value is -0.310. The molecule has 1 heterocycles. The van der Waals surface area contributed by atoms with Gasteiger partial charge in [0.15, 0.2) is 0 Å². The van der Waals surface area contributed by atoms with Gasteiger partial charge < -0.3 is 4.42 Å². The summed E-state index contributed by atoms with van der Waals surface area (Å²) in [5, 5.41) is 0. The average molecular weight is 202 g/mol. The van der Waals surface area contributed by atoms with Gasteiger partial charge in [-0.05, 0) is 19.3 Å². The van der Waals surface area contributed by atoms with Crippen LogP contribution >= 0.6 is 15.9 Å². The van der Waals surface area contributed by atoms with E-state index >= 15 is 0 Å².